The molecule has 1 N–H and O–H groups in total. The second-order valence-electron chi connectivity index (χ2n) is 10.1. The third-order valence-electron chi connectivity index (χ3n) is 7.02. The number of hydrogen-bond acceptors (Lipinski definition) is 6. The molecule has 4 rings (SSSR count). The largest absolute Gasteiger partial charge is 0.507 e. The van der Waals surface area contributed by atoms with Crippen LogP contribution in [0.15, 0.2) is 36.4 Å². The molecule has 6 nitrogen and oxygen atoms in total. The summed E-state index contributed by atoms with van der Waals surface area (Å²) < 4.78 is 17.1. The standard InChI is InChI=1S/C30H34N2O4/c1-18(2)26-28(27-21(16-31)13-19(3)14-25(27)33)24(20(4)32-29(26)35-6)15-30(11-12-30)17-36-23-9-7-22(34-5)8-10-23/h7-10,13-14,18,33H,11-12,15,17H2,1-6H3. The van der Waals surface area contributed by atoms with Crippen LogP contribution in [-0.4, -0.2) is 30.9 Å². The van der Waals surface area contributed by atoms with Gasteiger partial charge in [0.2, 0.25) is 5.88 Å². The molecule has 188 valence electrons. The van der Waals surface area contributed by atoms with Crippen LogP contribution in [0.25, 0.3) is 11.1 Å². The minimum absolute atomic E-state index is 0.0307. The molecule has 1 aliphatic carbocycles. The maximum atomic E-state index is 11.1. The van der Waals surface area contributed by atoms with Crippen molar-refractivity contribution in [2.75, 3.05) is 20.8 Å². The molecule has 0 saturated heterocycles. The molecule has 1 aliphatic rings. The van der Waals surface area contributed by atoms with Crippen molar-refractivity contribution in [1.82, 2.24) is 4.98 Å². The van der Waals surface area contributed by atoms with E-state index in [4.69, 9.17) is 19.2 Å². The van der Waals surface area contributed by atoms with Crippen molar-refractivity contribution in [3.05, 3.63) is 64.3 Å². The number of hydrogen-bond donors (Lipinski definition) is 1. The lowest BCUT2D eigenvalue weighted by Gasteiger charge is -2.26. The number of phenols is 1. The highest BCUT2D eigenvalue weighted by atomic mass is 16.5. The average Bonchev–Trinajstić information content (AvgIpc) is 3.63. The van der Waals surface area contributed by atoms with E-state index in [2.05, 4.69) is 19.9 Å². The van der Waals surface area contributed by atoms with Gasteiger partial charge in [0.15, 0.2) is 0 Å². The Bertz CT molecular complexity index is 1300. The maximum Gasteiger partial charge on any atom is 0.217 e. The topological polar surface area (TPSA) is 84.6 Å². The first-order valence-corrected chi connectivity index (χ1v) is 12.3. The molecule has 1 heterocycles. The molecular formula is C30H34N2O4. The van der Waals surface area contributed by atoms with Crippen LogP contribution in [0.4, 0.5) is 0 Å². The first-order chi connectivity index (χ1) is 17.2. The lowest BCUT2D eigenvalue weighted by Crippen LogP contribution is -2.19. The second kappa shape index (κ2) is 10.1. The SMILES string of the molecule is COc1ccc(OCC2(Cc3c(C)nc(OC)c(C(C)C)c3-c3c(O)cc(C)cc3C#N)CC2)cc1. The van der Waals surface area contributed by atoms with Crippen LogP contribution in [0.5, 0.6) is 23.1 Å². The Hall–Kier alpha value is -3.72. The zero-order valence-electron chi connectivity index (χ0n) is 21.9. The smallest absolute Gasteiger partial charge is 0.217 e. The van der Waals surface area contributed by atoms with Crippen LogP contribution < -0.4 is 14.2 Å². The number of rotatable bonds is 9. The van der Waals surface area contributed by atoms with Crippen molar-refractivity contribution >= 4 is 0 Å². The summed E-state index contributed by atoms with van der Waals surface area (Å²) >= 11 is 0. The molecule has 3 aromatic rings. The molecule has 0 bridgehead atoms. The highest BCUT2D eigenvalue weighted by Crippen LogP contribution is 2.52. The van der Waals surface area contributed by atoms with E-state index in [9.17, 15) is 10.4 Å². The summed E-state index contributed by atoms with van der Waals surface area (Å²) in [5, 5.41) is 21.1. The maximum absolute atomic E-state index is 11.1. The minimum Gasteiger partial charge on any atom is -0.507 e. The van der Waals surface area contributed by atoms with E-state index in [1.807, 2.05) is 44.2 Å². The van der Waals surface area contributed by atoms with E-state index >= 15 is 0 Å². The molecule has 0 amide bonds. The summed E-state index contributed by atoms with van der Waals surface area (Å²) in [6.45, 7) is 8.59. The predicted molar refractivity (Wildman–Crippen MR) is 140 cm³/mol. The van der Waals surface area contributed by atoms with Crippen molar-refractivity contribution in [1.29, 1.82) is 5.26 Å². The molecule has 0 spiro atoms. The van der Waals surface area contributed by atoms with Gasteiger partial charge in [0.1, 0.15) is 17.2 Å². The number of nitriles is 1. The zero-order valence-corrected chi connectivity index (χ0v) is 21.9. The van der Waals surface area contributed by atoms with Crippen LogP contribution in [0.1, 0.15) is 60.6 Å². The zero-order chi connectivity index (χ0) is 26.0. The number of ether oxygens (including phenoxy) is 3. The summed E-state index contributed by atoms with van der Waals surface area (Å²) in [4.78, 5) is 4.81. The fourth-order valence-electron chi connectivity index (χ4n) is 4.87. The van der Waals surface area contributed by atoms with E-state index in [1.54, 1.807) is 20.3 Å². The normalized spacial score (nSPS) is 13.8. The van der Waals surface area contributed by atoms with Crippen molar-refractivity contribution in [3.8, 4) is 40.3 Å². The number of aromatic hydroxyl groups is 1. The molecule has 0 aliphatic heterocycles. The summed E-state index contributed by atoms with van der Waals surface area (Å²) in [7, 11) is 3.26. The van der Waals surface area contributed by atoms with Gasteiger partial charge in [-0.1, -0.05) is 13.8 Å². The van der Waals surface area contributed by atoms with Gasteiger partial charge in [0.25, 0.3) is 0 Å². The van der Waals surface area contributed by atoms with Gasteiger partial charge >= 0.3 is 0 Å². The van der Waals surface area contributed by atoms with Crippen LogP contribution in [0.2, 0.25) is 0 Å². The molecule has 1 saturated carbocycles. The summed E-state index contributed by atoms with van der Waals surface area (Å²) in [5.74, 6) is 2.30. The Morgan fingerprint density at radius 1 is 1.03 bits per heavy atom. The van der Waals surface area contributed by atoms with Gasteiger partial charge in [0, 0.05) is 27.8 Å². The first-order valence-electron chi connectivity index (χ1n) is 12.3. The van der Waals surface area contributed by atoms with E-state index in [-0.39, 0.29) is 17.1 Å². The summed E-state index contributed by atoms with van der Waals surface area (Å²) in [6, 6.07) is 13.5. The molecule has 36 heavy (non-hydrogen) atoms. The number of aryl methyl sites for hydroxylation is 2. The number of methoxy groups -OCH3 is 2. The van der Waals surface area contributed by atoms with Gasteiger partial charge < -0.3 is 19.3 Å². The van der Waals surface area contributed by atoms with E-state index in [1.165, 1.54) is 0 Å². The molecule has 0 unspecified atom stereocenters. The average molecular weight is 487 g/mol. The Labute approximate surface area is 213 Å². The summed E-state index contributed by atoms with van der Waals surface area (Å²) in [5.41, 5.74) is 5.44. The van der Waals surface area contributed by atoms with Gasteiger partial charge in [-0.3, -0.25) is 0 Å². The van der Waals surface area contributed by atoms with E-state index < -0.39 is 0 Å². The van der Waals surface area contributed by atoms with Crippen molar-refractivity contribution in [3.63, 3.8) is 0 Å². The van der Waals surface area contributed by atoms with Gasteiger partial charge in [-0.2, -0.15) is 5.26 Å². The first kappa shape index (κ1) is 25.4. The Kier molecular flexibility index (Phi) is 7.12. The fraction of sp³-hybridized carbons (Fsp3) is 0.400. The van der Waals surface area contributed by atoms with Crippen molar-refractivity contribution < 1.29 is 19.3 Å². The van der Waals surface area contributed by atoms with E-state index in [0.717, 1.165) is 58.7 Å². The van der Waals surface area contributed by atoms with Crippen LogP contribution in [0, 0.1) is 30.6 Å². The van der Waals surface area contributed by atoms with Crippen LogP contribution >= 0.6 is 0 Å². The van der Waals surface area contributed by atoms with Crippen LogP contribution in [-0.2, 0) is 6.42 Å². The highest BCUT2D eigenvalue weighted by molar-refractivity contribution is 5.83. The number of nitrogens with zero attached hydrogens (tertiary/aromatic N) is 2. The number of pyridine rings is 1. The summed E-state index contributed by atoms with van der Waals surface area (Å²) in [6.07, 6.45) is 2.81. The third kappa shape index (κ3) is 4.97. The predicted octanol–water partition coefficient (Wildman–Crippen LogP) is 6.49. The van der Waals surface area contributed by atoms with Crippen molar-refractivity contribution in [2.24, 2.45) is 5.41 Å². The molecule has 0 atom stereocenters. The quantitative estimate of drug-likeness (QED) is 0.372. The molecule has 6 heteroatoms. The van der Waals surface area contributed by atoms with Gasteiger partial charge in [0.05, 0.1) is 32.5 Å². The number of aromatic nitrogens is 1. The monoisotopic (exact) mass is 486 g/mol. The van der Waals surface area contributed by atoms with Crippen molar-refractivity contribution in [2.45, 2.75) is 52.9 Å². The Morgan fingerprint density at radius 2 is 1.69 bits per heavy atom. The lowest BCUT2D eigenvalue weighted by atomic mass is 9.82. The molecule has 0 radical (unpaired) electrons. The Balaban J connectivity index is 1.80. The van der Waals surface area contributed by atoms with Gasteiger partial charge in [-0.25, -0.2) is 4.98 Å². The van der Waals surface area contributed by atoms with E-state index in [0.29, 0.717) is 23.6 Å². The highest BCUT2D eigenvalue weighted by Gasteiger charge is 2.45. The molecular weight excluding hydrogens is 452 g/mol. The fourth-order valence-corrected chi connectivity index (χ4v) is 4.87. The lowest BCUT2D eigenvalue weighted by molar-refractivity contribution is 0.232. The second-order valence-corrected chi connectivity index (χ2v) is 10.1. The minimum atomic E-state index is -0.0307. The molecule has 1 fully saturated rings. The Morgan fingerprint density at radius 3 is 2.25 bits per heavy atom. The third-order valence-corrected chi connectivity index (χ3v) is 7.02. The molecule has 2 aromatic carbocycles. The van der Waals surface area contributed by atoms with Gasteiger partial charge in [-0.05, 0) is 86.6 Å². The number of benzene rings is 2. The van der Waals surface area contributed by atoms with Crippen LogP contribution in [0.3, 0.4) is 0 Å². The van der Waals surface area contributed by atoms with Gasteiger partial charge in [-0.15, -0.1) is 0 Å². The molecule has 1 aromatic heterocycles. The number of phenolic OH excluding ortho intramolecular Hbond substituents is 1.